The number of carbonyl (C=O) groups is 1. The molecule has 0 saturated heterocycles. The summed E-state index contributed by atoms with van der Waals surface area (Å²) in [5, 5.41) is 8.88. The summed E-state index contributed by atoms with van der Waals surface area (Å²) in [5.41, 5.74) is -0.0555. The second kappa shape index (κ2) is 7.02. The monoisotopic (exact) mass is 313 g/mol. The molecule has 0 heterocycles. The third kappa shape index (κ3) is 4.52. The molecule has 1 aliphatic carbocycles. The van der Waals surface area contributed by atoms with E-state index in [-0.39, 0.29) is 23.1 Å². The summed E-state index contributed by atoms with van der Waals surface area (Å²) >= 11 is 0. The highest BCUT2D eigenvalue weighted by molar-refractivity contribution is 7.89. The van der Waals surface area contributed by atoms with E-state index in [1.54, 1.807) is 0 Å². The van der Waals surface area contributed by atoms with Crippen molar-refractivity contribution in [1.82, 2.24) is 4.72 Å². The lowest BCUT2D eigenvalue weighted by atomic mass is 10.2. The number of rotatable bonds is 7. The zero-order valence-electron chi connectivity index (χ0n) is 11.6. The molecule has 2 rings (SSSR count). The van der Waals surface area contributed by atoms with Gasteiger partial charge in [0, 0.05) is 6.54 Å². The molecular weight excluding hydrogens is 294 g/mol. The molecule has 0 unspecified atom stereocenters. The highest BCUT2D eigenvalue weighted by Gasteiger charge is 2.17. The van der Waals surface area contributed by atoms with Crippen molar-refractivity contribution in [1.29, 1.82) is 0 Å². The summed E-state index contributed by atoms with van der Waals surface area (Å²) in [6.45, 7) is 0.499. The van der Waals surface area contributed by atoms with E-state index in [2.05, 4.69) is 4.72 Å². The zero-order chi connectivity index (χ0) is 15.3. The number of carboxylic acids is 1. The Balaban J connectivity index is 1.88. The van der Waals surface area contributed by atoms with Crippen LogP contribution < -0.4 is 4.72 Å². The van der Waals surface area contributed by atoms with Gasteiger partial charge in [0.05, 0.1) is 23.2 Å². The minimum absolute atomic E-state index is 0.0525. The van der Waals surface area contributed by atoms with Crippen molar-refractivity contribution >= 4 is 16.0 Å². The van der Waals surface area contributed by atoms with E-state index < -0.39 is 16.0 Å². The molecule has 1 fully saturated rings. The first kappa shape index (κ1) is 15.9. The lowest BCUT2D eigenvalue weighted by Gasteiger charge is -2.12. The van der Waals surface area contributed by atoms with Crippen molar-refractivity contribution in [2.45, 2.75) is 36.7 Å². The average Bonchev–Trinajstić information content (AvgIpc) is 2.97. The molecule has 2 N–H and O–H groups in total. The molecule has 0 spiro atoms. The number of aromatic carboxylic acids is 1. The summed E-state index contributed by atoms with van der Waals surface area (Å²) in [6.07, 6.45) is 4.64. The van der Waals surface area contributed by atoms with E-state index in [9.17, 15) is 13.2 Å². The van der Waals surface area contributed by atoms with Gasteiger partial charge < -0.3 is 9.84 Å². The summed E-state index contributed by atoms with van der Waals surface area (Å²) in [7, 11) is -3.71. The van der Waals surface area contributed by atoms with Crippen LogP contribution in [0, 0.1) is 0 Å². The lowest BCUT2D eigenvalue weighted by Crippen LogP contribution is -2.28. The SMILES string of the molecule is O=C(O)c1cccc(S(=O)(=O)NCCOC2CCCC2)c1. The van der Waals surface area contributed by atoms with E-state index in [1.807, 2.05) is 0 Å². The predicted molar refractivity (Wildman–Crippen MR) is 76.8 cm³/mol. The van der Waals surface area contributed by atoms with Gasteiger partial charge >= 0.3 is 5.97 Å². The van der Waals surface area contributed by atoms with Crippen molar-refractivity contribution in [3.05, 3.63) is 29.8 Å². The van der Waals surface area contributed by atoms with E-state index in [1.165, 1.54) is 31.0 Å². The fraction of sp³-hybridized carbons (Fsp3) is 0.500. The maximum atomic E-state index is 12.0. The Labute approximate surface area is 124 Å². The molecule has 1 aromatic carbocycles. The summed E-state index contributed by atoms with van der Waals surface area (Å²) in [6, 6.07) is 5.27. The molecule has 1 aromatic rings. The Hall–Kier alpha value is -1.44. The fourth-order valence-electron chi connectivity index (χ4n) is 2.34. The molecule has 21 heavy (non-hydrogen) atoms. The normalized spacial score (nSPS) is 16.2. The van der Waals surface area contributed by atoms with Crippen molar-refractivity contribution in [3.63, 3.8) is 0 Å². The lowest BCUT2D eigenvalue weighted by molar-refractivity contribution is 0.0626. The number of ether oxygens (including phenoxy) is 1. The first-order chi connectivity index (χ1) is 9.99. The molecular formula is C14H19NO5S. The van der Waals surface area contributed by atoms with Gasteiger partial charge in [0.1, 0.15) is 0 Å². The van der Waals surface area contributed by atoms with Crippen LogP contribution in [0.4, 0.5) is 0 Å². The second-order valence-electron chi connectivity index (χ2n) is 5.01. The third-order valence-corrected chi connectivity index (χ3v) is 4.90. The molecule has 0 aliphatic heterocycles. The van der Waals surface area contributed by atoms with Crippen molar-refractivity contribution in [3.8, 4) is 0 Å². The van der Waals surface area contributed by atoms with Gasteiger partial charge in [-0.3, -0.25) is 0 Å². The summed E-state index contributed by atoms with van der Waals surface area (Å²) in [4.78, 5) is 10.8. The van der Waals surface area contributed by atoms with Crippen LogP contribution in [0.1, 0.15) is 36.0 Å². The Bertz CT molecular complexity index is 593. The number of carboxylic acid groups (broad SMARTS) is 1. The molecule has 0 atom stereocenters. The maximum Gasteiger partial charge on any atom is 0.335 e. The van der Waals surface area contributed by atoms with Crippen LogP contribution in [0.3, 0.4) is 0 Å². The van der Waals surface area contributed by atoms with Crippen LogP contribution in [0.2, 0.25) is 0 Å². The highest BCUT2D eigenvalue weighted by Crippen LogP contribution is 2.20. The molecule has 0 amide bonds. The van der Waals surface area contributed by atoms with Crippen LogP contribution in [0.25, 0.3) is 0 Å². The van der Waals surface area contributed by atoms with Crippen molar-refractivity contribution in [2.24, 2.45) is 0 Å². The third-order valence-electron chi connectivity index (χ3n) is 3.44. The van der Waals surface area contributed by atoms with E-state index >= 15 is 0 Å². The standard InChI is InChI=1S/C14H19NO5S/c16-14(17)11-4-3-7-13(10-11)21(18,19)15-8-9-20-12-5-1-2-6-12/h3-4,7,10,12,15H,1-2,5-6,8-9H2,(H,16,17). The number of nitrogens with one attached hydrogen (secondary N) is 1. The quantitative estimate of drug-likeness (QED) is 0.746. The van der Waals surface area contributed by atoms with Crippen molar-refractivity contribution in [2.75, 3.05) is 13.2 Å². The molecule has 1 aliphatic rings. The first-order valence-electron chi connectivity index (χ1n) is 6.94. The Kier molecular flexibility index (Phi) is 5.33. The summed E-state index contributed by atoms with van der Waals surface area (Å²) < 4.78 is 32.1. The molecule has 6 nitrogen and oxygen atoms in total. The Morgan fingerprint density at radius 1 is 1.33 bits per heavy atom. The van der Waals surface area contributed by atoms with Gasteiger partial charge in [-0.1, -0.05) is 18.9 Å². The number of hydrogen-bond acceptors (Lipinski definition) is 4. The van der Waals surface area contributed by atoms with Gasteiger partial charge in [-0.05, 0) is 31.0 Å². The largest absolute Gasteiger partial charge is 0.478 e. The second-order valence-corrected chi connectivity index (χ2v) is 6.77. The van der Waals surface area contributed by atoms with E-state index in [4.69, 9.17) is 9.84 Å². The van der Waals surface area contributed by atoms with Crippen LogP contribution in [-0.2, 0) is 14.8 Å². The minimum Gasteiger partial charge on any atom is -0.478 e. The number of hydrogen-bond donors (Lipinski definition) is 2. The van der Waals surface area contributed by atoms with Crippen LogP contribution in [-0.4, -0.2) is 38.7 Å². The highest BCUT2D eigenvalue weighted by atomic mass is 32.2. The van der Waals surface area contributed by atoms with Crippen LogP contribution >= 0.6 is 0 Å². The first-order valence-corrected chi connectivity index (χ1v) is 8.42. The topological polar surface area (TPSA) is 92.7 Å². The van der Waals surface area contributed by atoms with Crippen LogP contribution in [0.15, 0.2) is 29.2 Å². The van der Waals surface area contributed by atoms with Gasteiger partial charge in [-0.15, -0.1) is 0 Å². The van der Waals surface area contributed by atoms with Gasteiger partial charge in [0.15, 0.2) is 0 Å². The Morgan fingerprint density at radius 2 is 2.05 bits per heavy atom. The van der Waals surface area contributed by atoms with Crippen LogP contribution in [0.5, 0.6) is 0 Å². The minimum atomic E-state index is -3.71. The maximum absolute atomic E-state index is 12.0. The Morgan fingerprint density at radius 3 is 2.71 bits per heavy atom. The van der Waals surface area contributed by atoms with Gasteiger partial charge in [0.25, 0.3) is 0 Å². The zero-order valence-corrected chi connectivity index (χ0v) is 12.4. The number of sulfonamides is 1. The van der Waals surface area contributed by atoms with E-state index in [0.717, 1.165) is 18.9 Å². The molecule has 0 aromatic heterocycles. The molecule has 116 valence electrons. The molecule has 1 saturated carbocycles. The molecule has 7 heteroatoms. The smallest absolute Gasteiger partial charge is 0.335 e. The predicted octanol–water partition coefficient (Wildman–Crippen LogP) is 1.62. The van der Waals surface area contributed by atoms with Gasteiger partial charge in [-0.2, -0.15) is 0 Å². The van der Waals surface area contributed by atoms with Crippen molar-refractivity contribution < 1.29 is 23.1 Å². The van der Waals surface area contributed by atoms with E-state index in [0.29, 0.717) is 6.61 Å². The van der Waals surface area contributed by atoms with Gasteiger partial charge in [0.2, 0.25) is 10.0 Å². The van der Waals surface area contributed by atoms with Gasteiger partial charge in [-0.25, -0.2) is 17.9 Å². The fourth-order valence-corrected chi connectivity index (χ4v) is 3.39. The molecule has 0 bridgehead atoms. The number of benzene rings is 1. The summed E-state index contributed by atoms with van der Waals surface area (Å²) in [5.74, 6) is -1.16. The molecule has 0 radical (unpaired) electrons. The average molecular weight is 313 g/mol.